The molecule has 1 fully saturated rings. The molecule has 1 aliphatic rings. The van der Waals surface area contributed by atoms with Crippen molar-refractivity contribution in [1.29, 1.82) is 0 Å². The summed E-state index contributed by atoms with van der Waals surface area (Å²) in [5, 5.41) is 0.668. The quantitative estimate of drug-likeness (QED) is 0.785. The Labute approximate surface area is 117 Å². The lowest BCUT2D eigenvalue weighted by atomic mass is 9.99. The number of aldehydes is 1. The average molecular weight is 272 g/mol. The highest BCUT2D eigenvalue weighted by Gasteiger charge is 2.20. The van der Waals surface area contributed by atoms with Crippen molar-refractivity contribution < 1.29 is 9.18 Å². The van der Waals surface area contributed by atoms with Crippen LogP contribution in [0.15, 0.2) is 24.3 Å². The number of carbonyl (C=O) groups is 1. The Morgan fingerprint density at radius 2 is 2.10 bits per heavy atom. The first-order chi connectivity index (χ1) is 9.69. The number of piperidine rings is 1. The number of para-hydroxylation sites is 1. The van der Waals surface area contributed by atoms with Crippen molar-refractivity contribution in [2.75, 3.05) is 18.0 Å². The van der Waals surface area contributed by atoms with E-state index in [0.29, 0.717) is 28.2 Å². The van der Waals surface area contributed by atoms with Crippen molar-refractivity contribution in [1.82, 2.24) is 4.98 Å². The molecule has 2 aromatic rings. The highest BCUT2D eigenvalue weighted by molar-refractivity contribution is 5.92. The van der Waals surface area contributed by atoms with E-state index in [1.54, 1.807) is 18.2 Å². The Morgan fingerprint density at radius 1 is 1.35 bits per heavy atom. The summed E-state index contributed by atoms with van der Waals surface area (Å²) < 4.78 is 13.9. The predicted molar refractivity (Wildman–Crippen MR) is 77.7 cm³/mol. The van der Waals surface area contributed by atoms with Crippen molar-refractivity contribution in [3.63, 3.8) is 0 Å². The van der Waals surface area contributed by atoms with Crippen LogP contribution in [0, 0.1) is 11.7 Å². The Kier molecular flexibility index (Phi) is 3.38. The van der Waals surface area contributed by atoms with Crippen LogP contribution in [-0.2, 0) is 0 Å². The second-order valence-electron chi connectivity index (χ2n) is 5.50. The maximum absolute atomic E-state index is 13.9. The fourth-order valence-corrected chi connectivity index (χ4v) is 2.73. The smallest absolute Gasteiger partial charge is 0.153 e. The number of rotatable bonds is 2. The van der Waals surface area contributed by atoms with Crippen molar-refractivity contribution in [2.45, 2.75) is 19.8 Å². The van der Waals surface area contributed by atoms with Crippen molar-refractivity contribution >= 4 is 23.0 Å². The zero-order valence-corrected chi connectivity index (χ0v) is 11.5. The van der Waals surface area contributed by atoms with Gasteiger partial charge in [0.1, 0.15) is 17.2 Å². The third kappa shape index (κ3) is 2.26. The van der Waals surface area contributed by atoms with Gasteiger partial charge in [0, 0.05) is 18.5 Å². The van der Waals surface area contributed by atoms with E-state index in [1.165, 1.54) is 6.07 Å². The molecular formula is C16H17FN2O. The highest BCUT2D eigenvalue weighted by Crippen LogP contribution is 2.27. The minimum atomic E-state index is -0.341. The monoisotopic (exact) mass is 272 g/mol. The van der Waals surface area contributed by atoms with Gasteiger partial charge in [-0.3, -0.25) is 4.79 Å². The minimum Gasteiger partial charge on any atom is -0.356 e. The van der Waals surface area contributed by atoms with Gasteiger partial charge in [0.2, 0.25) is 0 Å². The van der Waals surface area contributed by atoms with E-state index < -0.39 is 0 Å². The summed E-state index contributed by atoms with van der Waals surface area (Å²) in [4.78, 5) is 17.8. The molecule has 0 atom stereocenters. The summed E-state index contributed by atoms with van der Waals surface area (Å²) in [6.45, 7) is 3.97. The molecule has 0 amide bonds. The van der Waals surface area contributed by atoms with Gasteiger partial charge in [-0.1, -0.05) is 19.1 Å². The number of carbonyl (C=O) groups excluding carboxylic acids is 1. The number of halogens is 1. The molecule has 104 valence electrons. The van der Waals surface area contributed by atoms with Crippen LogP contribution in [0.3, 0.4) is 0 Å². The number of aromatic nitrogens is 1. The molecule has 0 saturated carbocycles. The van der Waals surface area contributed by atoms with E-state index in [4.69, 9.17) is 0 Å². The van der Waals surface area contributed by atoms with Crippen molar-refractivity contribution in [3.05, 3.63) is 35.6 Å². The Hall–Kier alpha value is -1.97. The van der Waals surface area contributed by atoms with Crippen LogP contribution in [-0.4, -0.2) is 24.4 Å². The second-order valence-corrected chi connectivity index (χ2v) is 5.50. The first kappa shape index (κ1) is 13.0. The molecule has 0 radical (unpaired) electrons. The molecule has 20 heavy (non-hydrogen) atoms. The Balaban J connectivity index is 2.09. The van der Waals surface area contributed by atoms with Crippen LogP contribution in [0.25, 0.3) is 10.9 Å². The molecule has 3 rings (SSSR count). The molecule has 0 bridgehead atoms. The fourth-order valence-electron chi connectivity index (χ4n) is 2.73. The van der Waals surface area contributed by atoms with Crippen molar-refractivity contribution in [2.24, 2.45) is 5.92 Å². The Morgan fingerprint density at radius 3 is 2.80 bits per heavy atom. The van der Waals surface area contributed by atoms with E-state index in [-0.39, 0.29) is 5.82 Å². The van der Waals surface area contributed by atoms with Crippen LogP contribution in [0.2, 0.25) is 0 Å². The highest BCUT2D eigenvalue weighted by atomic mass is 19.1. The van der Waals surface area contributed by atoms with Crippen LogP contribution in [0.1, 0.15) is 30.1 Å². The first-order valence-electron chi connectivity index (χ1n) is 6.98. The van der Waals surface area contributed by atoms with Gasteiger partial charge in [-0.2, -0.15) is 0 Å². The van der Waals surface area contributed by atoms with Gasteiger partial charge in [-0.05, 0) is 30.9 Å². The molecule has 1 saturated heterocycles. The SMILES string of the molecule is CC1CCN(c2nc3c(F)cccc3cc2C=O)CC1. The lowest BCUT2D eigenvalue weighted by Gasteiger charge is -2.32. The van der Waals surface area contributed by atoms with E-state index in [0.717, 1.165) is 32.2 Å². The normalized spacial score (nSPS) is 16.6. The van der Waals surface area contributed by atoms with Crippen molar-refractivity contribution in [3.8, 4) is 0 Å². The molecule has 1 aliphatic heterocycles. The summed E-state index contributed by atoms with van der Waals surface area (Å²) in [5.41, 5.74) is 0.879. The predicted octanol–water partition coefficient (Wildman–Crippen LogP) is 3.42. The number of nitrogens with zero attached hydrogens (tertiary/aromatic N) is 2. The van der Waals surface area contributed by atoms with Crippen LogP contribution < -0.4 is 4.90 Å². The van der Waals surface area contributed by atoms with E-state index in [2.05, 4.69) is 16.8 Å². The second kappa shape index (κ2) is 5.19. The zero-order valence-electron chi connectivity index (χ0n) is 11.5. The molecule has 0 aliphatic carbocycles. The lowest BCUT2D eigenvalue weighted by molar-refractivity contribution is 0.112. The molecule has 3 nitrogen and oxygen atoms in total. The van der Waals surface area contributed by atoms with E-state index >= 15 is 0 Å². The molecule has 0 N–H and O–H groups in total. The molecule has 2 heterocycles. The topological polar surface area (TPSA) is 33.2 Å². The summed E-state index contributed by atoms with van der Waals surface area (Å²) >= 11 is 0. The molecule has 0 spiro atoms. The maximum Gasteiger partial charge on any atom is 0.153 e. The van der Waals surface area contributed by atoms with Gasteiger partial charge in [0.15, 0.2) is 6.29 Å². The average Bonchev–Trinajstić information content (AvgIpc) is 2.47. The van der Waals surface area contributed by atoms with E-state index in [1.807, 2.05) is 0 Å². The number of benzene rings is 1. The fraction of sp³-hybridized carbons (Fsp3) is 0.375. The lowest BCUT2D eigenvalue weighted by Crippen LogP contribution is -2.34. The number of hydrogen-bond donors (Lipinski definition) is 0. The third-order valence-electron chi connectivity index (χ3n) is 4.02. The summed E-state index contributed by atoms with van der Waals surface area (Å²) in [6, 6.07) is 6.54. The number of fused-ring (bicyclic) bond motifs is 1. The zero-order chi connectivity index (χ0) is 14.1. The standard InChI is InChI=1S/C16H17FN2O/c1-11-5-7-19(8-6-11)16-13(10-20)9-12-3-2-4-14(17)15(12)18-16/h2-4,9-11H,5-8H2,1H3. The van der Waals surface area contributed by atoms with Crippen LogP contribution >= 0.6 is 0 Å². The number of hydrogen-bond acceptors (Lipinski definition) is 3. The van der Waals surface area contributed by atoms with Crippen LogP contribution in [0.4, 0.5) is 10.2 Å². The molecular weight excluding hydrogens is 255 g/mol. The van der Waals surface area contributed by atoms with Gasteiger partial charge >= 0.3 is 0 Å². The molecule has 0 unspecified atom stereocenters. The van der Waals surface area contributed by atoms with E-state index in [9.17, 15) is 9.18 Å². The first-order valence-corrected chi connectivity index (χ1v) is 6.98. The summed E-state index contributed by atoms with van der Waals surface area (Å²) in [7, 11) is 0. The maximum atomic E-state index is 13.9. The van der Waals surface area contributed by atoms with Gasteiger partial charge in [0.25, 0.3) is 0 Å². The number of pyridine rings is 1. The van der Waals surface area contributed by atoms with Crippen LogP contribution in [0.5, 0.6) is 0 Å². The minimum absolute atomic E-state index is 0.340. The third-order valence-corrected chi connectivity index (χ3v) is 4.02. The Bertz CT molecular complexity index is 648. The van der Waals surface area contributed by atoms with Gasteiger partial charge in [0.05, 0.1) is 5.56 Å². The largest absolute Gasteiger partial charge is 0.356 e. The summed E-state index contributed by atoms with van der Waals surface area (Å²) in [6.07, 6.45) is 2.97. The van der Waals surface area contributed by atoms with Gasteiger partial charge in [-0.15, -0.1) is 0 Å². The number of anilines is 1. The van der Waals surface area contributed by atoms with Gasteiger partial charge < -0.3 is 4.90 Å². The molecule has 4 heteroatoms. The molecule has 1 aromatic heterocycles. The molecule has 1 aromatic carbocycles. The summed E-state index contributed by atoms with van der Waals surface area (Å²) in [5.74, 6) is 0.971. The van der Waals surface area contributed by atoms with Gasteiger partial charge in [-0.25, -0.2) is 9.37 Å².